The molecule has 4 aliphatic heterocycles. The molecule has 0 aliphatic carbocycles. The van der Waals surface area contributed by atoms with Crippen molar-refractivity contribution in [2.75, 3.05) is 61.9 Å². The zero-order chi connectivity index (χ0) is 42.8. The van der Waals surface area contributed by atoms with Crippen LogP contribution in [0.15, 0.2) is 48.9 Å². The van der Waals surface area contributed by atoms with E-state index in [9.17, 15) is 28.4 Å². The number of unbranched alkanes of at least 4 members (excludes halogenated alkanes) is 1. The number of amides is 5. The van der Waals surface area contributed by atoms with E-state index in [0.717, 1.165) is 61.1 Å². The second-order valence-electron chi connectivity index (χ2n) is 16.4. The van der Waals surface area contributed by atoms with E-state index in [1.54, 1.807) is 36.7 Å². The molecule has 4 aliphatic rings. The van der Waals surface area contributed by atoms with Crippen LogP contribution in [0.2, 0.25) is 0 Å². The van der Waals surface area contributed by atoms with Gasteiger partial charge >= 0.3 is 0 Å². The second-order valence-corrected chi connectivity index (χ2v) is 16.4. The van der Waals surface area contributed by atoms with E-state index in [1.165, 1.54) is 7.11 Å². The number of rotatable bonds is 14. The summed E-state index contributed by atoms with van der Waals surface area (Å²) in [5.41, 5.74) is 2.50. The quantitative estimate of drug-likeness (QED) is 0.104. The minimum atomic E-state index is -1.13. The van der Waals surface area contributed by atoms with Gasteiger partial charge in [0.2, 0.25) is 17.8 Å². The highest BCUT2D eigenvalue weighted by atomic mass is 19.1. The number of pyridine rings is 1. The van der Waals surface area contributed by atoms with Gasteiger partial charge in [-0.1, -0.05) is 6.07 Å². The van der Waals surface area contributed by atoms with Crippen LogP contribution in [0.25, 0.3) is 10.9 Å². The maximum absolute atomic E-state index is 14.6. The van der Waals surface area contributed by atoms with Crippen LogP contribution in [0.4, 0.5) is 27.7 Å². The number of fused-ring (bicyclic) bond motifs is 2. The molecule has 322 valence electrons. The predicted molar refractivity (Wildman–Crippen MR) is 226 cm³/mol. The van der Waals surface area contributed by atoms with Crippen molar-refractivity contribution < 1.29 is 33.1 Å². The summed E-state index contributed by atoms with van der Waals surface area (Å²) in [5, 5.41) is 12.8. The first kappa shape index (κ1) is 41.7. The number of ether oxygens (including phenoxy) is 1. The lowest BCUT2D eigenvalue weighted by Gasteiger charge is -2.33. The number of imide groups is 2. The largest absolute Gasteiger partial charge is 0.384 e. The van der Waals surface area contributed by atoms with Gasteiger partial charge in [0.15, 0.2) is 0 Å². The van der Waals surface area contributed by atoms with Crippen molar-refractivity contribution in [2.45, 2.75) is 89.2 Å². The molecule has 8 rings (SSSR count). The number of hydrogen-bond acceptors (Lipinski definition) is 13. The van der Waals surface area contributed by atoms with E-state index >= 15 is 0 Å². The monoisotopic (exact) mass is 837 g/mol. The van der Waals surface area contributed by atoms with Crippen LogP contribution in [0.1, 0.15) is 95.9 Å². The Morgan fingerprint density at radius 2 is 1.82 bits per heavy atom. The first-order valence-corrected chi connectivity index (χ1v) is 21.1. The molecule has 3 atom stereocenters. The van der Waals surface area contributed by atoms with E-state index in [2.05, 4.69) is 59.5 Å². The maximum atomic E-state index is 14.6. The van der Waals surface area contributed by atoms with Gasteiger partial charge < -0.3 is 35.1 Å². The number of nitrogens with zero attached hydrogens (tertiary/aromatic N) is 7. The number of carbonyl (C=O) groups is 5. The smallest absolute Gasteiger partial charge is 0.264 e. The van der Waals surface area contributed by atoms with Gasteiger partial charge in [0.1, 0.15) is 23.8 Å². The number of benzene rings is 1. The molecule has 7 heterocycles. The van der Waals surface area contributed by atoms with Crippen molar-refractivity contribution in [1.29, 1.82) is 0 Å². The highest BCUT2D eigenvalue weighted by Crippen LogP contribution is 2.33. The molecular weight excluding hydrogens is 786 g/mol. The zero-order valence-corrected chi connectivity index (χ0v) is 34.7. The summed E-state index contributed by atoms with van der Waals surface area (Å²) >= 11 is 0. The average molecular weight is 838 g/mol. The van der Waals surface area contributed by atoms with Gasteiger partial charge in [0, 0.05) is 87.5 Å². The predicted octanol–water partition coefficient (Wildman–Crippen LogP) is 4.20. The van der Waals surface area contributed by atoms with Crippen LogP contribution < -0.4 is 26.2 Å². The highest BCUT2D eigenvalue weighted by Gasteiger charge is 2.45. The van der Waals surface area contributed by atoms with Crippen molar-refractivity contribution in [3.63, 3.8) is 0 Å². The summed E-state index contributed by atoms with van der Waals surface area (Å²) in [4.78, 5) is 83.2. The SMILES string of the molecule is CO[C@@H]1CCN(c2nccc(Nc3cc4c(cn3)c(C(=O)NC3CCN(CCCCNc5cccc6c5C(=O)N(C5CCC(=O)NC5=O)C6=O)CC3)cn4C(C)C)n2)C[C@@H]1F. The first-order chi connectivity index (χ1) is 29.5. The van der Waals surface area contributed by atoms with E-state index in [-0.39, 0.29) is 48.5 Å². The Morgan fingerprint density at radius 1 is 1.00 bits per heavy atom. The fourth-order valence-electron chi connectivity index (χ4n) is 8.76. The van der Waals surface area contributed by atoms with Gasteiger partial charge in [-0.25, -0.2) is 14.4 Å². The molecule has 17 nitrogen and oxygen atoms in total. The van der Waals surface area contributed by atoms with Crippen LogP contribution in [0, 0.1) is 0 Å². The van der Waals surface area contributed by atoms with Crippen LogP contribution >= 0.6 is 0 Å². The lowest BCUT2D eigenvalue weighted by molar-refractivity contribution is -0.136. The maximum Gasteiger partial charge on any atom is 0.264 e. The molecule has 18 heteroatoms. The van der Waals surface area contributed by atoms with Crippen LogP contribution in [-0.4, -0.2) is 130 Å². The summed E-state index contributed by atoms with van der Waals surface area (Å²) in [5.74, 6) is -0.707. The third-order valence-corrected chi connectivity index (χ3v) is 12.1. The standard InChI is InChI=1S/C43H52FN11O6/c1-25(2)54-23-29(28-22-47-36(21-33(28)54)49-35-11-16-46-43(50-35)53-20-14-34(61-3)30(44)24-53)39(57)48-26-12-18-52(19-13-26)17-5-4-15-45-31-8-6-7-27-38(31)42(60)55(41(27)59)32-9-10-37(56)51-40(32)58/h6-8,11,16,21-23,25-26,30,32,34,45H,4-5,9-10,12-15,17-20,24H2,1-3H3,(H,48,57)(H,51,56,58)(H,46,47,49,50)/t30-,32?,34+/m0/s1. The summed E-state index contributed by atoms with van der Waals surface area (Å²) in [6, 6.07) is 7.83. The van der Waals surface area contributed by atoms with Crippen molar-refractivity contribution in [3.05, 3.63) is 65.6 Å². The fourth-order valence-corrected chi connectivity index (χ4v) is 8.76. The van der Waals surface area contributed by atoms with Gasteiger partial charge in [-0.15, -0.1) is 0 Å². The van der Waals surface area contributed by atoms with Crippen molar-refractivity contribution in [2.24, 2.45) is 0 Å². The van der Waals surface area contributed by atoms with Crippen LogP contribution in [0.3, 0.4) is 0 Å². The average Bonchev–Trinajstić information content (AvgIpc) is 3.76. The van der Waals surface area contributed by atoms with E-state index in [0.29, 0.717) is 48.3 Å². The molecule has 1 unspecified atom stereocenters. The number of alkyl halides is 1. The molecule has 0 bridgehead atoms. The Bertz CT molecular complexity index is 2330. The number of carbonyl (C=O) groups excluding carboxylic acids is 5. The van der Waals surface area contributed by atoms with Gasteiger partial charge in [-0.2, -0.15) is 4.98 Å². The molecule has 3 saturated heterocycles. The normalized spacial score (nSPS) is 21.3. The third kappa shape index (κ3) is 8.77. The van der Waals surface area contributed by atoms with Gasteiger partial charge in [-0.3, -0.25) is 34.2 Å². The summed E-state index contributed by atoms with van der Waals surface area (Å²) in [6.45, 7) is 8.07. The third-order valence-electron chi connectivity index (χ3n) is 12.1. The Morgan fingerprint density at radius 3 is 2.57 bits per heavy atom. The number of nitrogens with one attached hydrogen (secondary N) is 4. The lowest BCUT2D eigenvalue weighted by Crippen LogP contribution is -2.54. The molecule has 0 saturated carbocycles. The molecule has 61 heavy (non-hydrogen) atoms. The minimum Gasteiger partial charge on any atom is -0.384 e. The molecule has 4 aromatic rings. The Labute approximate surface area is 352 Å². The summed E-state index contributed by atoms with van der Waals surface area (Å²) in [6.07, 6.45) is 7.82. The topological polar surface area (TPSA) is 196 Å². The molecule has 0 radical (unpaired) electrons. The molecule has 3 fully saturated rings. The number of piperidine rings is 3. The Balaban J connectivity index is 0.809. The highest BCUT2D eigenvalue weighted by molar-refractivity contribution is 6.25. The van der Waals surface area contributed by atoms with E-state index in [4.69, 9.17) is 4.74 Å². The minimum absolute atomic E-state index is 0.0388. The number of anilines is 4. The zero-order valence-electron chi connectivity index (χ0n) is 34.7. The number of aromatic nitrogens is 4. The second kappa shape index (κ2) is 17.9. The fraction of sp³-hybridized carbons (Fsp3) is 0.488. The molecular formula is C43H52FN11O6. The Hall–Kier alpha value is -6.01. The van der Waals surface area contributed by atoms with Gasteiger partial charge in [0.25, 0.3) is 17.7 Å². The number of hydrogen-bond donors (Lipinski definition) is 4. The van der Waals surface area contributed by atoms with Crippen LogP contribution in [-0.2, 0) is 14.3 Å². The number of methoxy groups -OCH3 is 1. The number of likely N-dealkylation sites (tertiary alicyclic amines) is 1. The van der Waals surface area contributed by atoms with Crippen molar-refractivity contribution in [3.8, 4) is 0 Å². The van der Waals surface area contributed by atoms with Gasteiger partial charge in [0.05, 0.1) is 34.9 Å². The summed E-state index contributed by atoms with van der Waals surface area (Å²) < 4.78 is 21.9. The molecule has 1 aromatic carbocycles. The lowest BCUT2D eigenvalue weighted by atomic mass is 10.0. The molecule has 5 amide bonds. The van der Waals surface area contributed by atoms with E-state index < -0.39 is 41.9 Å². The van der Waals surface area contributed by atoms with Gasteiger partial charge in [-0.05, 0) is 77.1 Å². The number of halogens is 1. The van der Waals surface area contributed by atoms with Crippen molar-refractivity contribution >= 4 is 63.7 Å². The molecule has 4 N–H and O–H groups in total. The van der Waals surface area contributed by atoms with E-state index in [1.807, 2.05) is 17.2 Å². The Kier molecular flexibility index (Phi) is 12.3. The molecule has 3 aromatic heterocycles. The van der Waals surface area contributed by atoms with Crippen molar-refractivity contribution in [1.82, 2.24) is 40.0 Å². The molecule has 0 spiro atoms. The van der Waals surface area contributed by atoms with Crippen LogP contribution in [0.5, 0.6) is 0 Å². The summed E-state index contributed by atoms with van der Waals surface area (Å²) in [7, 11) is 1.53. The first-order valence-electron chi connectivity index (χ1n) is 21.1.